The van der Waals surface area contributed by atoms with Crippen LogP contribution in [0.1, 0.15) is 16.8 Å². The van der Waals surface area contributed by atoms with E-state index in [1.54, 1.807) is 6.07 Å². The Morgan fingerprint density at radius 1 is 1.12 bits per heavy atom. The number of amides is 1. The molecule has 0 aliphatic heterocycles. The van der Waals surface area contributed by atoms with Gasteiger partial charge in [0.05, 0.1) is 6.42 Å². The fraction of sp³-hybridized carbons (Fsp3) is 0.167. The van der Waals surface area contributed by atoms with Crippen LogP contribution in [-0.2, 0) is 17.4 Å². The zero-order valence-corrected chi connectivity index (χ0v) is 12.9. The van der Waals surface area contributed by atoms with Crippen LogP contribution in [0.3, 0.4) is 0 Å². The Hall–Kier alpha value is -2.76. The predicted octanol–water partition coefficient (Wildman–Crippen LogP) is 4.68. The number of halogens is 3. The van der Waals surface area contributed by atoms with Crippen molar-refractivity contribution in [2.24, 2.45) is 0 Å². The summed E-state index contributed by atoms with van der Waals surface area (Å²) in [7, 11) is 0. The molecule has 1 heterocycles. The van der Waals surface area contributed by atoms with Gasteiger partial charge in [-0.05, 0) is 36.8 Å². The molecule has 0 aliphatic carbocycles. The lowest BCUT2D eigenvalue weighted by atomic mass is 10.1. The maximum absolute atomic E-state index is 12.7. The van der Waals surface area contributed by atoms with Crippen LogP contribution in [-0.4, -0.2) is 10.9 Å². The van der Waals surface area contributed by atoms with Gasteiger partial charge < -0.3 is 10.3 Å². The van der Waals surface area contributed by atoms with E-state index in [2.05, 4.69) is 10.3 Å². The summed E-state index contributed by atoms with van der Waals surface area (Å²) in [6, 6.07) is 13.3. The van der Waals surface area contributed by atoms with Crippen LogP contribution in [0.15, 0.2) is 48.5 Å². The van der Waals surface area contributed by atoms with Crippen LogP contribution in [0.25, 0.3) is 10.9 Å². The number of anilines is 1. The molecule has 124 valence electrons. The fourth-order valence-electron chi connectivity index (χ4n) is 2.58. The largest absolute Gasteiger partial charge is 0.431 e. The van der Waals surface area contributed by atoms with Gasteiger partial charge in [0.25, 0.3) is 0 Å². The van der Waals surface area contributed by atoms with Crippen LogP contribution in [0.5, 0.6) is 0 Å². The minimum atomic E-state index is -4.42. The summed E-state index contributed by atoms with van der Waals surface area (Å²) in [6.07, 6.45) is -4.21. The van der Waals surface area contributed by atoms with Crippen LogP contribution < -0.4 is 5.32 Å². The average molecular weight is 332 g/mol. The summed E-state index contributed by atoms with van der Waals surface area (Å²) in [5.41, 5.74) is 1.98. The second-order valence-corrected chi connectivity index (χ2v) is 5.70. The van der Waals surface area contributed by atoms with Crippen molar-refractivity contribution < 1.29 is 18.0 Å². The molecule has 3 aromatic rings. The number of hydrogen-bond donors (Lipinski definition) is 2. The van der Waals surface area contributed by atoms with Gasteiger partial charge in [-0.25, -0.2) is 0 Å². The predicted molar refractivity (Wildman–Crippen MR) is 86.8 cm³/mol. The Bertz CT molecular complexity index is 897. The summed E-state index contributed by atoms with van der Waals surface area (Å²) in [5.74, 6) is -0.216. The van der Waals surface area contributed by atoms with E-state index in [1.807, 2.05) is 31.2 Å². The highest BCUT2D eigenvalue weighted by molar-refractivity contribution is 5.95. The van der Waals surface area contributed by atoms with Crippen LogP contribution in [0, 0.1) is 6.92 Å². The Labute approximate surface area is 136 Å². The van der Waals surface area contributed by atoms with Gasteiger partial charge in [0, 0.05) is 16.6 Å². The molecule has 0 radical (unpaired) electrons. The molecule has 0 aliphatic rings. The standard InChI is InChI=1S/C18H15F3N2O/c1-11-3-2-4-12(7-11)8-17(24)22-14-5-6-15-13(9-14)10-16(23-15)18(19,20)21/h2-7,9-10,23H,8H2,1H3,(H,22,24). The number of aryl methyl sites for hydroxylation is 1. The van der Waals surface area contributed by atoms with Crippen molar-refractivity contribution in [3.8, 4) is 0 Å². The third-order valence-corrected chi connectivity index (χ3v) is 3.66. The fourth-order valence-corrected chi connectivity index (χ4v) is 2.58. The van der Waals surface area contributed by atoms with Crippen molar-refractivity contribution in [3.63, 3.8) is 0 Å². The van der Waals surface area contributed by atoms with Crippen molar-refractivity contribution in [2.75, 3.05) is 5.32 Å². The number of aromatic nitrogens is 1. The second-order valence-electron chi connectivity index (χ2n) is 5.70. The van der Waals surface area contributed by atoms with Gasteiger partial charge in [-0.3, -0.25) is 4.79 Å². The molecule has 0 atom stereocenters. The van der Waals surface area contributed by atoms with Crippen LogP contribution >= 0.6 is 0 Å². The lowest BCUT2D eigenvalue weighted by Crippen LogP contribution is -2.14. The van der Waals surface area contributed by atoms with Gasteiger partial charge in [-0.15, -0.1) is 0 Å². The number of nitrogens with one attached hydrogen (secondary N) is 2. The number of carbonyl (C=O) groups is 1. The van der Waals surface area contributed by atoms with E-state index in [9.17, 15) is 18.0 Å². The topological polar surface area (TPSA) is 44.9 Å². The van der Waals surface area contributed by atoms with Gasteiger partial charge in [0.1, 0.15) is 5.69 Å². The molecule has 3 rings (SSSR count). The summed E-state index contributed by atoms with van der Waals surface area (Å²) in [5, 5.41) is 3.11. The van der Waals surface area contributed by atoms with Crippen molar-refractivity contribution in [1.29, 1.82) is 0 Å². The first-order valence-electron chi connectivity index (χ1n) is 7.36. The second kappa shape index (κ2) is 6.03. The van der Waals surface area contributed by atoms with Crippen LogP contribution in [0.2, 0.25) is 0 Å². The molecule has 0 saturated heterocycles. The van der Waals surface area contributed by atoms with Gasteiger partial charge >= 0.3 is 6.18 Å². The Kier molecular flexibility index (Phi) is 4.05. The number of H-pyrrole nitrogens is 1. The zero-order valence-electron chi connectivity index (χ0n) is 12.9. The highest BCUT2D eigenvalue weighted by atomic mass is 19.4. The SMILES string of the molecule is Cc1cccc(CC(=O)Nc2ccc3[nH]c(C(F)(F)F)cc3c2)c1. The molecule has 1 aromatic heterocycles. The Morgan fingerprint density at radius 3 is 2.62 bits per heavy atom. The normalized spacial score (nSPS) is 11.7. The van der Waals surface area contributed by atoms with E-state index < -0.39 is 11.9 Å². The molecule has 0 fully saturated rings. The van der Waals surface area contributed by atoms with Gasteiger partial charge in [-0.2, -0.15) is 13.2 Å². The average Bonchev–Trinajstić information content (AvgIpc) is 2.90. The van der Waals surface area contributed by atoms with E-state index >= 15 is 0 Å². The van der Waals surface area contributed by atoms with E-state index in [0.717, 1.165) is 17.2 Å². The van der Waals surface area contributed by atoms with Gasteiger partial charge in [-0.1, -0.05) is 29.8 Å². The number of rotatable bonds is 3. The van der Waals surface area contributed by atoms with Crippen molar-refractivity contribution in [1.82, 2.24) is 4.98 Å². The molecule has 1 amide bonds. The lowest BCUT2D eigenvalue weighted by molar-refractivity contribution is -0.140. The maximum Gasteiger partial charge on any atom is 0.431 e. The van der Waals surface area contributed by atoms with E-state index in [0.29, 0.717) is 16.6 Å². The van der Waals surface area contributed by atoms with E-state index in [4.69, 9.17) is 0 Å². The Balaban J connectivity index is 1.76. The van der Waals surface area contributed by atoms with Gasteiger partial charge in [0.2, 0.25) is 5.91 Å². The molecular formula is C18H15F3N2O. The molecule has 3 nitrogen and oxygen atoms in total. The molecular weight excluding hydrogens is 317 g/mol. The van der Waals surface area contributed by atoms with Crippen molar-refractivity contribution >= 4 is 22.5 Å². The Morgan fingerprint density at radius 2 is 1.92 bits per heavy atom. The lowest BCUT2D eigenvalue weighted by Gasteiger charge is -2.06. The van der Waals surface area contributed by atoms with E-state index in [1.165, 1.54) is 12.1 Å². The molecule has 0 spiro atoms. The summed E-state index contributed by atoms with van der Waals surface area (Å²) < 4.78 is 38.1. The molecule has 2 N–H and O–H groups in total. The third-order valence-electron chi connectivity index (χ3n) is 3.66. The van der Waals surface area contributed by atoms with Crippen molar-refractivity contribution in [3.05, 3.63) is 65.4 Å². The molecule has 0 unspecified atom stereocenters. The highest BCUT2D eigenvalue weighted by Gasteiger charge is 2.32. The first kappa shape index (κ1) is 16.1. The third kappa shape index (κ3) is 3.59. The quantitative estimate of drug-likeness (QED) is 0.719. The number of fused-ring (bicyclic) bond motifs is 1. The molecule has 0 saturated carbocycles. The minimum Gasteiger partial charge on any atom is -0.351 e. The summed E-state index contributed by atoms with van der Waals surface area (Å²) in [6.45, 7) is 1.94. The minimum absolute atomic E-state index is 0.209. The summed E-state index contributed by atoms with van der Waals surface area (Å²) in [4.78, 5) is 14.4. The van der Waals surface area contributed by atoms with Gasteiger partial charge in [0.15, 0.2) is 0 Å². The number of hydrogen-bond acceptors (Lipinski definition) is 1. The van der Waals surface area contributed by atoms with E-state index in [-0.39, 0.29) is 12.3 Å². The van der Waals surface area contributed by atoms with Crippen molar-refractivity contribution in [2.45, 2.75) is 19.5 Å². The number of alkyl halides is 3. The van der Waals surface area contributed by atoms with Crippen LogP contribution in [0.4, 0.5) is 18.9 Å². The molecule has 2 aromatic carbocycles. The molecule has 6 heteroatoms. The first-order chi connectivity index (χ1) is 11.3. The smallest absolute Gasteiger partial charge is 0.351 e. The zero-order chi connectivity index (χ0) is 17.3. The molecule has 0 bridgehead atoms. The number of aromatic amines is 1. The number of benzene rings is 2. The number of carbonyl (C=O) groups excluding carboxylic acids is 1. The maximum atomic E-state index is 12.7. The highest BCUT2D eigenvalue weighted by Crippen LogP contribution is 2.31. The monoisotopic (exact) mass is 332 g/mol. The summed E-state index contributed by atoms with van der Waals surface area (Å²) >= 11 is 0. The first-order valence-corrected chi connectivity index (χ1v) is 7.36. The molecule has 24 heavy (non-hydrogen) atoms.